The van der Waals surface area contributed by atoms with Crippen LogP contribution in [0, 0.1) is 27.7 Å². The molecule has 0 aliphatic carbocycles. The Morgan fingerprint density at radius 3 is 2.16 bits per heavy atom. The van der Waals surface area contributed by atoms with Crippen molar-refractivity contribution in [3.05, 3.63) is 40.9 Å². The first-order valence-electron chi connectivity index (χ1n) is 8.37. The van der Waals surface area contributed by atoms with E-state index in [1.807, 2.05) is 26.0 Å². The average Bonchev–Trinajstić information content (AvgIpc) is 3.17. The predicted octanol–water partition coefficient (Wildman–Crippen LogP) is 3.75. The highest BCUT2D eigenvalue weighted by molar-refractivity contribution is 5.60. The van der Waals surface area contributed by atoms with Crippen LogP contribution in [0.3, 0.4) is 0 Å². The molecule has 3 aromatic rings. The second-order valence-corrected chi connectivity index (χ2v) is 6.11. The van der Waals surface area contributed by atoms with Gasteiger partial charge in [0.05, 0.1) is 6.61 Å². The van der Waals surface area contributed by atoms with Crippen LogP contribution in [-0.2, 0) is 6.42 Å². The molecule has 2 heterocycles. The van der Waals surface area contributed by atoms with Crippen molar-refractivity contribution < 1.29 is 13.8 Å². The second kappa shape index (κ2) is 7.46. The van der Waals surface area contributed by atoms with Crippen LogP contribution < -0.4 is 4.74 Å². The lowest BCUT2D eigenvalue weighted by Crippen LogP contribution is -2.02. The number of hydrogen-bond donors (Lipinski definition) is 0. The SMILES string of the molecule is Cc1nc(CCCCOc2c(C)cc(-c3noc(C)n3)cc2C)no1. The van der Waals surface area contributed by atoms with Gasteiger partial charge in [0.1, 0.15) is 5.75 Å². The van der Waals surface area contributed by atoms with E-state index in [0.29, 0.717) is 24.2 Å². The van der Waals surface area contributed by atoms with E-state index in [0.717, 1.165) is 47.5 Å². The zero-order valence-electron chi connectivity index (χ0n) is 15.0. The Morgan fingerprint density at radius 1 is 0.880 bits per heavy atom. The molecule has 0 amide bonds. The van der Waals surface area contributed by atoms with Gasteiger partial charge in [0.2, 0.25) is 17.6 Å². The summed E-state index contributed by atoms with van der Waals surface area (Å²) in [6.45, 7) is 8.29. The maximum atomic E-state index is 5.98. The zero-order valence-corrected chi connectivity index (χ0v) is 15.0. The fourth-order valence-electron chi connectivity index (χ4n) is 2.73. The van der Waals surface area contributed by atoms with Gasteiger partial charge in [0.15, 0.2) is 5.82 Å². The van der Waals surface area contributed by atoms with Gasteiger partial charge in [-0.3, -0.25) is 0 Å². The third kappa shape index (κ3) is 4.23. The molecule has 0 radical (unpaired) electrons. The fraction of sp³-hybridized carbons (Fsp3) is 0.444. The van der Waals surface area contributed by atoms with Crippen LogP contribution in [0.5, 0.6) is 5.75 Å². The first kappa shape index (κ1) is 17.1. The van der Waals surface area contributed by atoms with E-state index in [-0.39, 0.29) is 0 Å². The van der Waals surface area contributed by atoms with E-state index in [4.69, 9.17) is 13.8 Å². The lowest BCUT2D eigenvalue weighted by Gasteiger charge is -2.13. The Bertz CT molecular complexity index is 831. The molecule has 0 saturated heterocycles. The van der Waals surface area contributed by atoms with Crippen molar-refractivity contribution in [2.75, 3.05) is 6.61 Å². The van der Waals surface area contributed by atoms with Crippen molar-refractivity contribution in [2.45, 2.75) is 47.0 Å². The average molecular weight is 342 g/mol. The van der Waals surface area contributed by atoms with Crippen LogP contribution in [0.4, 0.5) is 0 Å². The van der Waals surface area contributed by atoms with E-state index in [1.54, 1.807) is 13.8 Å². The van der Waals surface area contributed by atoms with Gasteiger partial charge in [0.25, 0.3) is 0 Å². The van der Waals surface area contributed by atoms with Gasteiger partial charge in [-0.05, 0) is 49.9 Å². The third-order valence-corrected chi connectivity index (χ3v) is 3.86. The molecule has 0 atom stereocenters. The molecule has 0 spiro atoms. The quantitative estimate of drug-likeness (QED) is 0.604. The predicted molar refractivity (Wildman–Crippen MR) is 91.4 cm³/mol. The van der Waals surface area contributed by atoms with Crippen LogP contribution in [-0.4, -0.2) is 26.9 Å². The largest absolute Gasteiger partial charge is 0.493 e. The summed E-state index contributed by atoms with van der Waals surface area (Å²) in [6.07, 6.45) is 2.68. The van der Waals surface area contributed by atoms with Crippen molar-refractivity contribution >= 4 is 0 Å². The Kier molecular flexibility index (Phi) is 5.11. The van der Waals surface area contributed by atoms with Crippen molar-refractivity contribution in [3.8, 4) is 17.1 Å². The highest BCUT2D eigenvalue weighted by Crippen LogP contribution is 2.29. The summed E-state index contributed by atoms with van der Waals surface area (Å²) >= 11 is 0. The molecule has 3 rings (SSSR count). The smallest absolute Gasteiger partial charge is 0.223 e. The summed E-state index contributed by atoms with van der Waals surface area (Å²) in [7, 11) is 0. The van der Waals surface area contributed by atoms with Gasteiger partial charge in [-0.2, -0.15) is 9.97 Å². The molecule has 1 aromatic carbocycles. The molecule has 2 aromatic heterocycles. The number of nitrogens with zero attached hydrogens (tertiary/aromatic N) is 4. The van der Waals surface area contributed by atoms with Gasteiger partial charge in [-0.1, -0.05) is 10.3 Å². The number of aromatic nitrogens is 4. The monoisotopic (exact) mass is 342 g/mol. The normalized spacial score (nSPS) is 11.0. The molecule has 0 N–H and O–H groups in total. The number of rotatable bonds is 7. The maximum Gasteiger partial charge on any atom is 0.223 e. The number of hydrogen-bond acceptors (Lipinski definition) is 7. The third-order valence-electron chi connectivity index (χ3n) is 3.86. The van der Waals surface area contributed by atoms with E-state index in [2.05, 4.69) is 20.3 Å². The van der Waals surface area contributed by atoms with Crippen LogP contribution in [0.2, 0.25) is 0 Å². The summed E-state index contributed by atoms with van der Waals surface area (Å²) < 4.78 is 16.0. The van der Waals surface area contributed by atoms with Crippen molar-refractivity contribution in [2.24, 2.45) is 0 Å². The van der Waals surface area contributed by atoms with E-state index in [9.17, 15) is 0 Å². The molecule has 0 unspecified atom stereocenters. The lowest BCUT2D eigenvalue weighted by molar-refractivity contribution is 0.302. The summed E-state index contributed by atoms with van der Waals surface area (Å²) in [5, 5.41) is 7.86. The topological polar surface area (TPSA) is 87.1 Å². The van der Waals surface area contributed by atoms with Gasteiger partial charge in [-0.15, -0.1) is 0 Å². The second-order valence-electron chi connectivity index (χ2n) is 6.11. The summed E-state index contributed by atoms with van der Waals surface area (Å²) in [5.74, 6) is 3.44. The number of unbranched alkanes of at least 4 members (excludes halogenated alkanes) is 1. The first-order valence-corrected chi connectivity index (χ1v) is 8.37. The Hall–Kier alpha value is -2.70. The molecule has 25 heavy (non-hydrogen) atoms. The van der Waals surface area contributed by atoms with Crippen molar-refractivity contribution in [1.29, 1.82) is 0 Å². The minimum absolute atomic E-state index is 0.558. The van der Waals surface area contributed by atoms with Gasteiger partial charge < -0.3 is 13.8 Å². The van der Waals surface area contributed by atoms with Gasteiger partial charge in [-0.25, -0.2) is 0 Å². The Balaban J connectivity index is 1.55. The minimum atomic E-state index is 0.558. The molecule has 132 valence electrons. The number of benzene rings is 1. The van der Waals surface area contributed by atoms with Gasteiger partial charge in [0, 0.05) is 25.8 Å². The molecule has 0 aliphatic rings. The summed E-state index contributed by atoms with van der Waals surface area (Å²) in [6, 6.07) is 4.05. The first-order chi connectivity index (χ1) is 12.0. The molecule has 0 fully saturated rings. The Morgan fingerprint density at radius 2 is 1.56 bits per heavy atom. The maximum absolute atomic E-state index is 5.98. The highest BCUT2D eigenvalue weighted by Gasteiger charge is 2.11. The molecular formula is C18H22N4O3. The number of aryl methyl sites for hydroxylation is 5. The molecule has 0 aliphatic heterocycles. The Labute approximate surface area is 146 Å². The molecular weight excluding hydrogens is 320 g/mol. The van der Waals surface area contributed by atoms with Gasteiger partial charge >= 0.3 is 0 Å². The lowest BCUT2D eigenvalue weighted by atomic mass is 10.1. The molecule has 0 bridgehead atoms. The van der Waals surface area contributed by atoms with Crippen molar-refractivity contribution in [3.63, 3.8) is 0 Å². The van der Waals surface area contributed by atoms with Crippen molar-refractivity contribution in [1.82, 2.24) is 20.3 Å². The van der Waals surface area contributed by atoms with Crippen LogP contribution in [0.15, 0.2) is 21.2 Å². The van der Waals surface area contributed by atoms with Crippen LogP contribution >= 0.6 is 0 Å². The number of ether oxygens (including phenoxy) is 1. The van der Waals surface area contributed by atoms with E-state index in [1.165, 1.54) is 0 Å². The van der Waals surface area contributed by atoms with Crippen LogP contribution in [0.1, 0.15) is 41.6 Å². The zero-order chi connectivity index (χ0) is 17.8. The molecule has 0 saturated carbocycles. The molecule has 7 nitrogen and oxygen atoms in total. The summed E-state index contributed by atoms with van der Waals surface area (Å²) in [4.78, 5) is 8.47. The summed E-state index contributed by atoms with van der Waals surface area (Å²) in [5.41, 5.74) is 3.06. The standard InChI is InChI=1S/C18H22N4O3/c1-11-9-15(18-20-14(4)25-22-18)10-12(2)17(11)23-8-6-5-7-16-19-13(3)24-21-16/h9-10H,5-8H2,1-4H3. The van der Waals surface area contributed by atoms with E-state index < -0.39 is 0 Å². The molecule has 7 heteroatoms. The van der Waals surface area contributed by atoms with Crippen LogP contribution in [0.25, 0.3) is 11.4 Å². The minimum Gasteiger partial charge on any atom is -0.493 e. The highest BCUT2D eigenvalue weighted by atomic mass is 16.5. The fourth-order valence-corrected chi connectivity index (χ4v) is 2.73. The van der Waals surface area contributed by atoms with E-state index >= 15 is 0 Å².